The van der Waals surface area contributed by atoms with Gasteiger partial charge < -0.3 is 4.74 Å². The van der Waals surface area contributed by atoms with Crippen LogP contribution in [0, 0.1) is 12.3 Å². The molecule has 0 aliphatic carbocycles. The van der Waals surface area contributed by atoms with Crippen LogP contribution in [-0.4, -0.2) is 48.8 Å². The Kier molecular flexibility index (Phi) is 8.34. The SMILES string of the molecule is C#CCN1CCC(C(=O)NO)(S(=O)(=O)c2ccc(Oc3ccc(Cl)cc3)cc2)CC1.Cl. The van der Waals surface area contributed by atoms with Crippen molar-refractivity contribution in [3.05, 3.63) is 53.6 Å². The van der Waals surface area contributed by atoms with Crippen LogP contribution in [0.4, 0.5) is 0 Å². The summed E-state index contributed by atoms with van der Waals surface area (Å²) in [6, 6.07) is 12.6. The summed E-state index contributed by atoms with van der Waals surface area (Å²) in [5.74, 6) is 2.55. The second-order valence-electron chi connectivity index (χ2n) is 6.95. The van der Waals surface area contributed by atoms with E-state index in [0.29, 0.717) is 36.2 Å². The summed E-state index contributed by atoms with van der Waals surface area (Å²) in [5, 5.41) is 9.79. The first-order chi connectivity index (χ1) is 14.3. The van der Waals surface area contributed by atoms with Crippen molar-refractivity contribution >= 4 is 39.8 Å². The fourth-order valence-electron chi connectivity index (χ4n) is 3.47. The molecule has 0 radical (unpaired) electrons. The van der Waals surface area contributed by atoms with Crippen molar-refractivity contribution in [1.82, 2.24) is 10.4 Å². The molecule has 7 nitrogen and oxygen atoms in total. The van der Waals surface area contributed by atoms with E-state index in [9.17, 15) is 18.4 Å². The van der Waals surface area contributed by atoms with Crippen molar-refractivity contribution in [2.24, 2.45) is 0 Å². The molecule has 0 aromatic heterocycles. The van der Waals surface area contributed by atoms with E-state index in [1.165, 1.54) is 29.7 Å². The van der Waals surface area contributed by atoms with Crippen molar-refractivity contribution in [3.63, 3.8) is 0 Å². The number of ether oxygens (including phenoxy) is 1. The number of piperidine rings is 1. The summed E-state index contributed by atoms with van der Waals surface area (Å²) in [7, 11) is -4.09. The number of benzene rings is 2. The standard InChI is InChI=1S/C21H21ClN2O5S.ClH/c1-2-13-24-14-11-21(12-15-24,20(25)23-26)30(27,28)19-9-7-18(8-10-19)29-17-5-3-16(22)4-6-17;/h1,3-10,26H,11-15H2,(H,23,25);1H. The third kappa shape index (κ3) is 5.14. The number of nitrogens with zero attached hydrogens (tertiary/aromatic N) is 1. The van der Waals surface area contributed by atoms with Crippen LogP contribution in [0.15, 0.2) is 53.4 Å². The number of terminal acetylenes is 1. The zero-order chi connectivity index (χ0) is 21.8. The highest BCUT2D eigenvalue weighted by molar-refractivity contribution is 7.93. The minimum atomic E-state index is -4.09. The van der Waals surface area contributed by atoms with Gasteiger partial charge >= 0.3 is 0 Å². The summed E-state index contributed by atoms with van der Waals surface area (Å²) in [6.07, 6.45) is 5.36. The van der Waals surface area contributed by atoms with E-state index >= 15 is 0 Å². The third-order valence-electron chi connectivity index (χ3n) is 5.19. The van der Waals surface area contributed by atoms with E-state index in [4.69, 9.17) is 22.8 Å². The number of hydroxylamine groups is 1. The zero-order valence-electron chi connectivity index (χ0n) is 16.5. The molecular formula is C21H22Cl2N2O5S. The molecule has 0 spiro atoms. The Bertz CT molecular complexity index is 1040. The first-order valence-electron chi connectivity index (χ1n) is 9.21. The van der Waals surface area contributed by atoms with Crippen LogP contribution in [0.3, 0.4) is 0 Å². The highest BCUT2D eigenvalue weighted by atomic mass is 35.5. The van der Waals surface area contributed by atoms with Crippen molar-refractivity contribution in [2.75, 3.05) is 19.6 Å². The quantitative estimate of drug-likeness (QED) is 0.371. The second kappa shape index (κ2) is 10.4. The van der Waals surface area contributed by atoms with Gasteiger partial charge in [0.05, 0.1) is 11.4 Å². The molecule has 1 aliphatic heterocycles. The van der Waals surface area contributed by atoms with Crippen LogP contribution in [0.1, 0.15) is 12.8 Å². The van der Waals surface area contributed by atoms with Gasteiger partial charge in [0.15, 0.2) is 14.6 Å². The Labute approximate surface area is 192 Å². The average molecular weight is 485 g/mol. The molecule has 1 saturated heterocycles. The molecule has 0 bridgehead atoms. The fraction of sp³-hybridized carbons (Fsp3) is 0.286. The molecule has 31 heavy (non-hydrogen) atoms. The predicted molar refractivity (Wildman–Crippen MR) is 120 cm³/mol. The van der Waals surface area contributed by atoms with Gasteiger partial charge in [0.1, 0.15) is 11.5 Å². The highest BCUT2D eigenvalue weighted by Gasteiger charge is 2.52. The molecule has 0 atom stereocenters. The van der Waals surface area contributed by atoms with Gasteiger partial charge in [-0.05, 0) is 61.4 Å². The van der Waals surface area contributed by atoms with E-state index < -0.39 is 20.5 Å². The van der Waals surface area contributed by atoms with Crippen molar-refractivity contribution in [3.8, 4) is 23.8 Å². The maximum atomic E-state index is 13.4. The summed E-state index contributed by atoms with van der Waals surface area (Å²) in [4.78, 5) is 14.3. The number of carbonyl (C=O) groups is 1. The van der Waals surface area contributed by atoms with Gasteiger partial charge in [-0.2, -0.15) is 0 Å². The number of hydrogen-bond donors (Lipinski definition) is 2. The van der Waals surface area contributed by atoms with Crippen LogP contribution in [0.5, 0.6) is 11.5 Å². The van der Waals surface area contributed by atoms with Crippen LogP contribution in [0.25, 0.3) is 0 Å². The number of hydrogen-bond acceptors (Lipinski definition) is 6. The van der Waals surface area contributed by atoms with Gasteiger partial charge in [-0.3, -0.25) is 14.9 Å². The summed E-state index contributed by atoms with van der Waals surface area (Å²) < 4.78 is 30.7. The molecule has 1 amide bonds. The molecule has 2 aromatic rings. The molecule has 1 fully saturated rings. The first kappa shape index (κ1) is 25.0. The van der Waals surface area contributed by atoms with Gasteiger partial charge in [-0.1, -0.05) is 17.5 Å². The second-order valence-corrected chi connectivity index (χ2v) is 9.64. The fourth-order valence-corrected chi connectivity index (χ4v) is 5.55. The topological polar surface area (TPSA) is 95.9 Å². The van der Waals surface area contributed by atoms with Gasteiger partial charge in [-0.25, -0.2) is 13.9 Å². The molecule has 2 N–H and O–H groups in total. The number of halogens is 2. The Morgan fingerprint density at radius 2 is 1.65 bits per heavy atom. The zero-order valence-corrected chi connectivity index (χ0v) is 18.8. The first-order valence-corrected chi connectivity index (χ1v) is 11.1. The summed E-state index contributed by atoms with van der Waals surface area (Å²) in [5.41, 5.74) is 1.53. The van der Waals surface area contributed by atoms with Crippen LogP contribution in [-0.2, 0) is 14.6 Å². The molecular weight excluding hydrogens is 463 g/mol. The van der Waals surface area contributed by atoms with Gasteiger partial charge in [0, 0.05) is 18.1 Å². The molecule has 166 valence electrons. The van der Waals surface area contributed by atoms with Crippen LogP contribution >= 0.6 is 24.0 Å². The lowest BCUT2D eigenvalue weighted by Gasteiger charge is -2.38. The molecule has 1 heterocycles. The molecule has 2 aromatic carbocycles. The number of amides is 1. The number of rotatable bonds is 6. The molecule has 0 saturated carbocycles. The Hall–Kier alpha value is -2.28. The van der Waals surface area contributed by atoms with E-state index in [-0.39, 0.29) is 30.1 Å². The Morgan fingerprint density at radius 1 is 1.13 bits per heavy atom. The molecule has 1 aliphatic rings. The molecule has 0 unspecified atom stereocenters. The lowest BCUT2D eigenvalue weighted by molar-refractivity contribution is -0.133. The smallest absolute Gasteiger partial charge is 0.265 e. The van der Waals surface area contributed by atoms with Crippen LogP contribution < -0.4 is 10.2 Å². The van der Waals surface area contributed by atoms with Crippen molar-refractivity contribution in [1.29, 1.82) is 0 Å². The average Bonchev–Trinajstić information content (AvgIpc) is 2.76. The monoisotopic (exact) mass is 484 g/mol. The van der Waals surface area contributed by atoms with Crippen molar-refractivity contribution < 1.29 is 23.2 Å². The maximum Gasteiger partial charge on any atom is 0.265 e. The minimum Gasteiger partial charge on any atom is -0.457 e. The van der Waals surface area contributed by atoms with Gasteiger partial charge in [0.25, 0.3) is 5.91 Å². The molecule has 3 rings (SSSR count). The minimum absolute atomic E-state index is 0. The van der Waals surface area contributed by atoms with Gasteiger partial charge in [0.2, 0.25) is 0 Å². The van der Waals surface area contributed by atoms with E-state index in [2.05, 4.69) is 5.92 Å². The lowest BCUT2D eigenvalue weighted by Crippen LogP contribution is -2.57. The number of likely N-dealkylation sites (tertiary alicyclic amines) is 1. The predicted octanol–water partition coefficient (Wildman–Crippen LogP) is 3.30. The van der Waals surface area contributed by atoms with E-state index in [0.717, 1.165) is 0 Å². The normalized spacial score (nSPS) is 15.9. The Morgan fingerprint density at radius 3 is 2.13 bits per heavy atom. The largest absolute Gasteiger partial charge is 0.457 e. The van der Waals surface area contributed by atoms with E-state index in [1.54, 1.807) is 24.3 Å². The maximum absolute atomic E-state index is 13.4. The number of nitrogens with one attached hydrogen (secondary N) is 1. The molecule has 10 heteroatoms. The Balaban J connectivity index is 0.00000341. The third-order valence-corrected chi connectivity index (χ3v) is 7.96. The van der Waals surface area contributed by atoms with Crippen molar-refractivity contribution in [2.45, 2.75) is 22.5 Å². The summed E-state index contributed by atoms with van der Waals surface area (Å²) in [6.45, 7) is 1.02. The van der Waals surface area contributed by atoms with E-state index in [1.807, 2.05) is 4.90 Å². The summed E-state index contributed by atoms with van der Waals surface area (Å²) >= 11 is 5.85. The van der Waals surface area contributed by atoms with Crippen LogP contribution in [0.2, 0.25) is 5.02 Å². The van der Waals surface area contributed by atoms with Gasteiger partial charge in [-0.15, -0.1) is 18.8 Å². The lowest BCUT2D eigenvalue weighted by atomic mass is 9.95. The number of carbonyl (C=O) groups excluding carboxylic acids is 1. The number of sulfone groups is 1. The highest BCUT2D eigenvalue weighted by Crippen LogP contribution is 2.36.